The number of thiophene rings is 1. The van der Waals surface area contributed by atoms with E-state index in [1.807, 2.05) is 29.2 Å². The number of carbonyl (C=O) groups is 1. The molecule has 0 saturated heterocycles. The highest BCUT2D eigenvalue weighted by molar-refractivity contribution is 7.12. The summed E-state index contributed by atoms with van der Waals surface area (Å²) in [5, 5.41) is 3.02. The van der Waals surface area contributed by atoms with Gasteiger partial charge in [-0.15, -0.1) is 11.3 Å². The maximum absolute atomic E-state index is 13.2. The molecule has 0 fully saturated rings. The molecule has 2 aromatic carbocycles. The molecule has 162 valence electrons. The number of hydrogen-bond donors (Lipinski definition) is 1. The summed E-state index contributed by atoms with van der Waals surface area (Å²) in [5.74, 6) is 0.515. The Morgan fingerprint density at radius 3 is 2.55 bits per heavy atom. The zero-order chi connectivity index (χ0) is 22.0. The monoisotopic (exact) mass is 438 g/mol. The third-order valence-corrected chi connectivity index (χ3v) is 7.16. The summed E-state index contributed by atoms with van der Waals surface area (Å²) in [6.45, 7) is 5.38. The first kappa shape index (κ1) is 21.4. The molecule has 0 radical (unpaired) electrons. The second-order valence-electron chi connectivity index (χ2n) is 7.74. The number of rotatable bonds is 5. The number of nitrogens with zero attached hydrogens (tertiary/aromatic N) is 1. The Balaban J connectivity index is 1.64. The number of carbonyl (C=O) groups excluding carboxylic acids is 1. The van der Waals surface area contributed by atoms with Gasteiger partial charge in [0, 0.05) is 22.8 Å². The van der Waals surface area contributed by atoms with Gasteiger partial charge in [0.25, 0.3) is 0 Å². The molecule has 1 N–H and O–H groups in total. The second-order valence-corrected chi connectivity index (χ2v) is 8.99. The molecule has 1 atom stereocenters. The molecular formula is C25H27FN2O2S. The highest BCUT2D eigenvalue weighted by Gasteiger charge is 2.35. The number of halogens is 1. The van der Waals surface area contributed by atoms with Crippen molar-refractivity contribution in [3.63, 3.8) is 0 Å². The Morgan fingerprint density at radius 1 is 1.19 bits per heavy atom. The molecule has 0 spiro atoms. The van der Waals surface area contributed by atoms with E-state index in [0.29, 0.717) is 13.1 Å². The third-order valence-electron chi connectivity index (χ3n) is 5.92. The number of urea groups is 1. The zero-order valence-corrected chi connectivity index (χ0v) is 18.9. The first-order valence-corrected chi connectivity index (χ1v) is 11.4. The van der Waals surface area contributed by atoms with Crippen molar-refractivity contribution in [3.8, 4) is 5.75 Å². The van der Waals surface area contributed by atoms with Crippen LogP contribution in [0.3, 0.4) is 0 Å². The van der Waals surface area contributed by atoms with Gasteiger partial charge >= 0.3 is 6.03 Å². The third kappa shape index (κ3) is 4.30. The number of ether oxygens (including phenoxy) is 1. The van der Waals surface area contributed by atoms with Crippen LogP contribution < -0.4 is 10.1 Å². The molecule has 1 aromatic heterocycles. The highest BCUT2D eigenvalue weighted by atomic mass is 32.1. The van der Waals surface area contributed by atoms with E-state index in [4.69, 9.17) is 4.74 Å². The van der Waals surface area contributed by atoms with Gasteiger partial charge in [-0.3, -0.25) is 0 Å². The van der Waals surface area contributed by atoms with Crippen molar-refractivity contribution in [1.82, 2.24) is 10.2 Å². The van der Waals surface area contributed by atoms with E-state index in [1.165, 1.54) is 33.0 Å². The van der Waals surface area contributed by atoms with Gasteiger partial charge in [0.15, 0.2) is 0 Å². The van der Waals surface area contributed by atoms with E-state index < -0.39 is 0 Å². The van der Waals surface area contributed by atoms with E-state index in [0.717, 1.165) is 29.7 Å². The van der Waals surface area contributed by atoms with E-state index >= 15 is 0 Å². The fraction of sp³-hybridized carbons (Fsp3) is 0.320. The van der Waals surface area contributed by atoms with Gasteiger partial charge in [-0.25, -0.2) is 9.18 Å². The molecule has 6 heteroatoms. The Bertz CT molecular complexity index is 1060. The average molecular weight is 439 g/mol. The van der Waals surface area contributed by atoms with Gasteiger partial charge in [-0.05, 0) is 66.3 Å². The predicted octanol–water partition coefficient (Wildman–Crippen LogP) is 5.62. The van der Waals surface area contributed by atoms with Crippen molar-refractivity contribution >= 4 is 17.4 Å². The topological polar surface area (TPSA) is 41.6 Å². The zero-order valence-electron chi connectivity index (χ0n) is 18.1. The van der Waals surface area contributed by atoms with Gasteiger partial charge in [0.05, 0.1) is 13.2 Å². The largest absolute Gasteiger partial charge is 0.497 e. The SMILES string of the molecule is CCc1c(C)sc2c1CCN(C(=O)NCc1ccc(F)cc1)C2c1ccc(OC)cc1. The maximum atomic E-state index is 13.2. The van der Waals surface area contributed by atoms with Gasteiger partial charge in [0.1, 0.15) is 11.6 Å². The van der Waals surface area contributed by atoms with E-state index in [-0.39, 0.29) is 17.9 Å². The van der Waals surface area contributed by atoms with Crippen molar-refractivity contribution in [3.05, 3.63) is 86.4 Å². The van der Waals surface area contributed by atoms with Gasteiger partial charge in [-0.1, -0.05) is 31.2 Å². The standard InChI is InChI=1S/C25H27FN2O2S/c1-4-21-16(2)31-24-22(21)13-14-28(23(24)18-7-11-20(30-3)12-8-18)25(29)27-15-17-5-9-19(26)10-6-17/h5-12,23H,4,13-15H2,1-3H3,(H,27,29). The Labute approximate surface area is 186 Å². The fourth-order valence-electron chi connectivity index (χ4n) is 4.33. The molecule has 1 aliphatic heterocycles. The molecule has 1 aliphatic rings. The summed E-state index contributed by atoms with van der Waals surface area (Å²) in [6.07, 6.45) is 1.86. The van der Waals surface area contributed by atoms with Crippen molar-refractivity contribution in [2.75, 3.05) is 13.7 Å². The Morgan fingerprint density at radius 2 is 1.90 bits per heavy atom. The minimum Gasteiger partial charge on any atom is -0.497 e. The fourth-order valence-corrected chi connectivity index (χ4v) is 5.77. The first-order chi connectivity index (χ1) is 15.0. The molecule has 31 heavy (non-hydrogen) atoms. The lowest BCUT2D eigenvalue weighted by atomic mass is 9.92. The quantitative estimate of drug-likeness (QED) is 0.561. The number of amides is 2. The summed E-state index contributed by atoms with van der Waals surface area (Å²) >= 11 is 1.80. The van der Waals surface area contributed by atoms with Crippen molar-refractivity contribution in [2.24, 2.45) is 0 Å². The molecule has 1 unspecified atom stereocenters. The van der Waals surface area contributed by atoms with Crippen LogP contribution in [0.5, 0.6) is 5.75 Å². The highest BCUT2D eigenvalue weighted by Crippen LogP contribution is 2.43. The minimum absolute atomic E-state index is 0.111. The van der Waals surface area contributed by atoms with Crippen LogP contribution in [0.2, 0.25) is 0 Å². The molecule has 0 aliphatic carbocycles. The summed E-state index contributed by atoms with van der Waals surface area (Å²) < 4.78 is 18.5. The summed E-state index contributed by atoms with van der Waals surface area (Å²) in [4.78, 5) is 17.7. The van der Waals surface area contributed by atoms with Gasteiger partial charge in [-0.2, -0.15) is 0 Å². The Hall–Kier alpha value is -2.86. The van der Waals surface area contributed by atoms with Crippen LogP contribution in [0.4, 0.5) is 9.18 Å². The maximum Gasteiger partial charge on any atom is 0.318 e. The van der Waals surface area contributed by atoms with Crippen LogP contribution in [0.25, 0.3) is 0 Å². The lowest BCUT2D eigenvalue weighted by Gasteiger charge is -2.36. The molecular weight excluding hydrogens is 411 g/mol. The van der Waals surface area contributed by atoms with Crippen molar-refractivity contribution in [1.29, 1.82) is 0 Å². The number of aryl methyl sites for hydroxylation is 1. The number of hydrogen-bond acceptors (Lipinski definition) is 3. The normalized spacial score (nSPS) is 15.5. The molecule has 2 amide bonds. The minimum atomic E-state index is -0.280. The van der Waals surface area contributed by atoms with Crippen molar-refractivity contribution in [2.45, 2.75) is 39.3 Å². The number of methoxy groups -OCH3 is 1. The Kier molecular flexibility index (Phi) is 6.28. The van der Waals surface area contributed by atoms with Crippen LogP contribution in [0.15, 0.2) is 48.5 Å². The molecule has 4 rings (SSSR count). The smallest absolute Gasteiger partial charge is 0.318 e. The molecule has 2 heterocycles. The van der Waals surface area contributed by atoms with Gasteiger partial charge in [0.2, 0.25) is 0 Å². The lowest BCUT2D eigenvalue weighted by Crippen LogP contribution is -2.45. The average Bonchev–Trinajstić information content (AvgIpc) is 3.12. The van der Waals surface area contributed by atoms with Crippen LogP contribution >= 0.6 is 11.3 Å². The van der Waals surface area contributed by atoms with Crippen LogP contribution in [0.1, 0.15) is 45.0 Å². The number of benzene rings is 2. The van der Waals surface area contributed by atoms with Crippen molar-refractivity contribution < 1.29 is 13.9 Å². The van der Waals surface area contributed by atoms with Crippen LogP contribution in [-0.2, 0) is 19.4 Å². The van der Waals surface area contributed by atoms with Crippen LogP contribution in [0, 0.1) is 12.7 Å². The number of nitrogens with one attached hydrogen (secondary N) is 1. The van der Waals surface area contributed by atoms with Crippen LogP contribution in [-0.4, -0.2) is 24.6 Å². The lowest BCUT2D eigenvalue weighted by molar-refractivity contribution is 0.181. The van der Waals surface area contributed by atoms with E-state index in [2.05, 4.69) is 19.2 Å². The second kappa shape index (κ2) is 9.10. The molecule has 0 bridgehead atoms. The summed E-state index contributed by atoms with van der Waals surface area (Å²) in [5.41, 5.74) is 4.76. The molecule has 3 aromatic rings. The van der Waals surface area contributed by atoms with E-state index in [9.17, 15) is 9.18 Å². The molecule has 0 saturated carbocycles. The number of fused-ring (bicyclic) bond motifs is 1. The molecule has 4 nitrogen and oxygen atoms in total. The predicted molar refractivity (Wildman–Crippen MR) is 122 cm³/mol. The first-order valence-electron chi connectivity index (χ1n) is 10.6. The van der Waals surface area contributed by atoms with E-state index in [1.54, 1.807) is 30.6 Å². The summed E-state index contributed by atoms with van der Waals surface area (Å²) in [6, 6.07) is 13.9. The van der Waals surface area contributed by atoms with Gasteiger partial charge < -0.3 is 15.0 Å². The summed E-state index contributed by atoms with van der Waals surface area (Å²) in [7, 11) is 1.65.